The minimum atomic E-state index is -0.750. The minimum Gasteiger partial charge on any atom is -0.481 e. The number of carboxylic acid groups (broad SMARTS) is 1. The van der Waals surface area contributed by atoms with E-state index in [9.17, 15) is 9.59 Å². The van der Waals surface area contributed by atoms with Gasteiger partial charge in [-0.15, -0.1) is 0 Å². The monoisotopic (exact) mass is 282 g/mol. The van der Waals surface area contributed by atoms with Crippen LogP contribution in [-0.2, 0) is 11.3 Å². The van der Waals surface area contributed by atoms with Crippen LogP contribution in [0.1, 0.15) is 37.4 Å². The van der Waals surface area contributed by atoms with E-state index in [1.807, 2.05) is 0 Å². The molecule has 0 bridgehead atoms. The minimum absolute atomic E-state index is 0.0232. The van der Waals surface area contributed by atoms with E-state index < -0.39 is 5.97 Å². The summed E-state index contributed by atoms with van der Waals surface area (Å²) in [5.74, 6) is -0.154. The molecule has 1 aliphatic rings. The molecule has 1 aromatic rings. The zero-order valence-corrected chi connectivity index (χ0v) is 11.3. The Kier molecular flexibility index (Phi) is 4.54. The fraction of sp³-hybridized carbons (Fsp3) is 0.667. The predicted molar refractivity (Wildman–Crippen MR) is 67.8 cm³/mol. The van der Waals surface area contributed by atoms with Crippen molar-refractivity contribution in [1.29, 1.82) is 0 Å². The smallest absolute Gasteiger partial charge is 0.315 e. The first-order valence-corrected chi connectivity index (χ1v) is 6.61. The molecule has 0 aliphatic heterocycles. The summed E-state index contributed by atoms with van der Waals surface area (Å²) in [6.45, 7) is 1.88. The maximum atomic E-state index is 11.7. The first-order chi connectivity index (χ1) is 9.54. The van der Waals surface area contributed by atoms with Gasteiger partial charge in [-0.25, -0.2) is 4.79 Å². The van der Waals surface area contributed by atoms with Crippen LogP contribution < -0.4 is 10.6 Å². The highest BCUT2D eigenvalue weighted by Crippen LogP contribution is 2.24. The molecular formula is C12H18N4O4. The Balaban J connectivity index is 1.69. The van der Waals surface area contributed by atoms with Gasteiger partial charge < -0.3 is 20.3 Å². The fourth-order valence-electron chi connectivity index (χ4n) is 2.29. The van der Waals surface area contributed by atoms with E-state index in [0.717, 1.165) is 0 Å². The molecular weight excluding hydrogens is 264 g/mol. The van der Waals surface area contributed by atoms with Crippen LogP contribution in [0.3, 0.4) is 0 Å². The second-order valence-electron chi connectivity index (χ2n) is 4.95. The highest BCUT2D eigenvalue weighted by atomic mass is 16.5. The highest BCUT2D eigenvalue weighted by molar-refractivity contribution is 5.74. The number of nitrogens with zero attached hydrogens (tertiary/aromatic N) is 2. The van der Waals surface area contributed by atoms with Crippen molar-refractivity contribution >= 4 is 12.0 Å². The number of carbonyl (C=O) groups is 2. The number of amides is 2. The Morgan fingerprint density at radius 2 is 2.05 bits per heavy atom. The number of aromatic nitrogens is 2. The number of aryl methyl sites for hydroxylation is 1. The van der Waals surface area contributed by atoms with Gasteiger partial charge in [0.15, 0.2) is 5.82 Å². The van der Waals surface area contributed by atoms with Gasteiger partial charge in [0, 0.05) is 6.04 Å². The van der Waals surface area contributed by atoms with Crippen molar-refractivity contribution in [3.63, 3.8) is 0 Å². The molecule has 8 heteroatoms. The summed E-state index contributed by atoms with van der Waals surface area (Å²) in [6, 6.07) is -0.283. The average molecular weight is 282 g/mol. The van der Waals surface area contributed by atoms with Gasteiger partial charge in [-0.05, 0) is 32.6 Å². The van der Waals surface area contributed by atoms with E-state index in [1.54, 1.807) is 6.92 Å². The Hall–Kier alpha value is -2.12. The number of hydrogen-bond acceptors (Lipinski definition) is 5. The number of carbonyl (C=O) groups excluding carboxylic acids is 1. The van der Waals surface area contributed by atoms with Gasteiger partial charge in [0.1, 0.15) is 0 Å². The number of hydrogen-bond donors (Lipinski definition) is 3. The molecule has 0 saturated heterocycles. The van der Waals surface area contributed by atoms with Gasteiger partial charge in [0.2, 0.25) is 5.89 Å². The third-order valence-corrected chi connectivity index (χ3v) is 3.38. The number of aliphatic carboxylic acids is 1. The van der Waals surface area contributed by atoms with E-state index in [0.29, 0.717) is 37.4 Å². The van der Waals surface area contributed by atoms with Gasteiger partial charge in [-0.1, -0.05) is 5.16 Å². The molecule has 0 spiro atoms. The summed E-state index contributed by atoms with van der Waals surface area (Å²) in [6.07, 6.45) is 2.57. The van der Waals surface area contributed by atoms with Crippen LogP contribution in [0.5, 0.6) is 0 Å². The van der Waals surface area contributed by atoms with Crippen molar-refractivity contribution in [2.24, 2.45) is 5.92 Å². The van der Waals surface area contributed by atoms with Crippen LogP contribution in [0.4, 0.5) is 4.79 Å². The third kappa shape index (κ3) is 3.94. The lowest BCUT2D eigenvalue weighted by Crippen LogP contribution is -2.43. The summed E-state index contributed by atoms with van der Waals surface area (Å²) in [5, 5.41) is 18.0. The Labute approximate surface area is 115 Å². The van der Waals surface area contributed by atoms with Crippen LogP contribution in [0, 0.1) is 12.8 Å². The fourth-order valence-corrected chi connectivity index (χ4v) is 2.29. The van der Waals surface area contributed by atoms with Crippen LogP contribution in [0.15, 0.2) is 4.52 Å². The lowest BCUT2D eigenvalue weighted by Gasteiger charge is -2.26. The van der Waals surface area contributed by atoms with E-state index in [1.165, 1.54) is 0 Å². The zero-order valence-electron chi connectivity index (χ0n) is 11.3. The molecule has 2 amide bonds. The van der Waals surface area contributed by atoms with Crippen LogP contribution in [-0.4, -0.2) is 33.3 Å². The van der Waals surface area contributed by atoms with Crippen molar-refractivity contribution < 1.29 is 19.2 Å². The summed E-state index contributed by atoms with van der Waals surface area (Å²) in [7, 11) is 0. The topological polar surface area (TPSA) is 117 Å². The maximum absolute atomic E-state index is 11.7. The van der Waals surface area contributed by atoms with E-state index in [2.05, 4.69) is 20.8 Å². The Morgan fingerprint density at radius 1 is 1.35 bits per heavy atom. The van der Waals surface area contributed by atoms with E-state index >= 15 is 0 Å². The standard InChI is InChI=1S/C12H18N4O4/c1-7-14-10(20-16-7)6-13-12(19)15-9-4-2-8(3-5-9)11(17)18/h8-9H,2-6H2,1H3,(H,17,18)(H2,13,15,19). The first kappa shape index (κ1) is 14.3. The Morgan fingerprint density at radius 3 is 2.60 bits per heavy atom. The van der Waals surface area contributed by atoms with Crippen molar-refractivity contribution in [3.05, 3.63) is 11.7 Å². The number of urea groups is 1. The lowest BCUT2D eigenvalue weighted by molar-refractivity contribution is -0.142. The SMILES string of the molecule is Cc1noc(CNC(=O)NC2CCC(C(=O)O)CC2)n1. The molecule has 1 heterocycles. The van der Waals surface area contributed by atoms with Crippen molar-refractivity contribution in [3.8, 4) is 0 Å². The molecule has 3 N–H and O–H groups in total. The van der Waals surface area contributed by atoms with Crippen LogP contribution >= 0.6 is 0 Å². The molecule has 0 radical (unpaired) electrons. The molecule has 1 aromatic heterocycles. The van der Waals surface area contributed by atoms with Crippen LogP contribution in [0.25, 0.3) is 0 Å². The summed E-state index contributed by atoms with van der Waals surface area (Å²) in [5.41, 5.74) is 0. The quantitative estimate of drug-likeness (QED) is 0.752. The zero-order chi connectivity index (χ0) is 14.5. The molecule has 0 atom stereocenters. The lowest BCUT2D eigenvalue weighted by atomic mass is 9.86. The number of carboxylic acids is 1. The Bertz CT molecular complexity index is 480. The first-order valence-electron chi connectivity index (χ1n) is 6.61. The van der Waals surface area contributed by atoms with Gasteiger partial charge in [0.25, 0.3) is 0 Å². The largest absolute Gasteiger partial charge is 0.481 e. The van der Waals surface area contributed by atoms with Crippen molar-refractivity contribution in [2.75, 3.05) is 0 Å². The summed E-state index contributed by atoms with van der Waals surface area (Å²) < 4.78 is 4.88. The van der Waals surface area contributed by atoms with Crippen molar-refractivity contribution in [2.45, 2.75) is 45.2 Å². The molecule has 110 valence electrons. The third-order valence-electron chi connectivity index (χ3n) is 3.38. The van der Waals surface area contributed by atoms with E-state index in [4.69, 9.17) is 9.63 Å². The highest BCUT2D eigenvalue weighted by Gasteiger charge is 2.26. The maximum Gasteiger partial charge on any atom is 0.315 e. The van der Waals surface area contributed by atoms with Crippen LogP contribution in [0.2, 0.25) is 0 Å². The molecule has 1 saturated carbocycles. The van der Waals surface area contributed by atoms with Gasteiger partial charge in [-0.2, -0.15) is 4.98 Å². The number of nitrogens with one attached hydrogen (secondary N) is 2. The second kappa shape index (κ2) is 6.36. The summed E-state index contributed by atoms with van der Waals surface area (Å²) in [4.78, 5) is 26.5. The summed E-state index contributed by atoms with van der Waals surface area (Å²) >= 11 is 0. The van der Waals surface area contributed by atoms with E-state index in [-0.39, 0.29) is 24.5 Å². The second-order valence-corrected chi connectivity index (χ2v) is 4.95. The van der Waals surface area contributed by atoms with Gasteiger partial charge in [-0.3, -0.25) is 4.79 Å². The molecule has 0 unspecified atom stereocenters. The average Bonchev–Trinajstić information content (AvgIpc) is 2.83. The molecule has 1 aliphatic carbocycles. The number of rotatable bonds is 4. The molecule has 20 heavy (non-hydrogen) atoms. The van der Waals surface area contributed by atoms with Gasteiger partial charge in [0.05, 0.1) is 12.5 Å². The van der Waals surface area contributed by atoms with Crippen molar-refractivity contribution in [1.82, 2.24) is 20.8 Å². The molecule has 2 rings (SSSR count). The molecule has 0 aromatic carbocycles. The normalized spacial score (nSPS) is 22.2. The molecule has 1 fully saturated rings. The van der Waals surface area contributed by atoms with Gasteiger partial charge >= 0.3 is 12.0 Å². The predicted octanol–water partition coefficient (Wildman–Crippen LogP) is 0.821. The molecule has 8 nitrogen and oxygen atoms in total.